The molecule has 0 saturated heterocycles. The Balaban J connectivity index is 2.29. The van der Waals surface area contributed by atoms with Crippen LogP contribution in [-0.2, 0) is 4.79 Å². The summed E-state index contributed by atoms with van der Waals surface area (Å²) in [5, 5.41) is 12.6. The quantitative estimate of drug-likeness (QED) is 0.674. The normalized spacial score (nSPS) is 14.4. The highest BCUT2D eigenvalue weighted by atomic mass is 16.1. The van der Waals surface area contributed by atoms with Crippen LogP contribution in [0.25, 0.3) is 0 Å². The van der Waals surface area contributed by atoms with Gasteiger partial charge in [-0.2, -0.15) is 5.10 Å². The van der Waals surface area contributed by atoms with Gasteiger partial charge in [0.05, 0.1) is 18.8 Å². The zero-order valence-electron chi connectivity index (χ0n) is 10.1. The number of rotatable bonds is 6. The molecule has 16 heavy (non-hydrogen) atoms. The zero-order valence-corrected chi connectivity index (χ0v) is 10.1. The van der Waals surface area contributed by atoms with Gasteiger partial charge in [-0.15, -0.1) is 0 Å². The predicted octanol–water partition coefficient (Wildman–Crippen LogP) is 0.975. The van der Waals surface area contributed by atoms with Crippen molar-refractivity contribution in [3.05, 3.63) is 18.0 Å². The Morgan fingerprint density at radius 2 is 2.31 bits per heavy atom. The summed E-state index contributed by atoms with van der Waals surface area (Å²) in [5.74, 6) is 0.00833. The summed E-state index contributed by atoms with van der Waals surface area (Å²) in [6.07, 6.45) is 4.52. The average molecular weight is 224 g/mol. The third kappa shape index (κ3) is 4.02. The minimum atomic E-state index is -0.00928. The van der Waals surface area contributed by atoms with Crippen LogP contribution in [0, 0.1) is 0 Å². The van der Waals surface area contributed by atoms with Crippen molar-refractivity contribution in [1.82, 2.24) is 20.8 Å². The third-order valence-electron chi connectivity index (χ3n) is 2.62. The molecule has 0 aliphatic rings. The van der Waals surface area contributed by atoms with Crippen molar-refractivity contribution < 1.29 is 4.79 Å². The van der Waals surface area contributed by atoms with Gasteiger partial charge in [0.15, 0.2) is 0 Å². The van der Waals surface area contributed by atoms with E-state index in [-0.39, 0.29) is 11.9 Å². The lowest BCUT2D eigenvalue weighted by Gasteiger charge is -2.14. The van der Waals surface area contributed by atoms with Crippen LogP contribution in [0.15, 0.2) is 12.4 Å². The van der Waals surface area contributed by atoms with E-state index >= 15 is 0 Å². The van der Waals surface area contributed by atoms with E-state index < -0.39 is 0 Å². The molecule has 0 aliphatic carbocycles. The minimum Gasteiger partial charge on any atom is -0.348 e. The molecule has 1 aromatic heterocycles. The number of aromatic nitrogens is 2. The average Bonchev–Trinajstić information content (AvgIpc) is 2.79. The molecule has 90 valence electrons. The Bertz CT molecular complexity index is 310. The topological polar surface area (TPSA) is 69.8 Å². The molecular formula is C11H20N4O. The molecule has 0 saturated carbocycles. The van der Waals surface area contributed by atoms with Crippen LogP contribution in [0.2, 0.25) is 0 Å². The molecule has 5 nitrogen and oxygen atoms in total. The Kier molecular flexibility index (Phi) is 4.98. The summed E-state index contributed by atoms with van der Waals surface area (Å²) in [6.45, 7) is 6.44. The number of nitrogens with one attached hydrogen (secondary N) is 3. The summed E-state index contributed by atoms with van der Waals surface area (Å²) < 4.78 is 0. The third-order valence-corrected chi connectivity index (χ3v) is 2.62. The fraction of sp³-hybridized carbons (Fsp3) is 0.636. The van der Waals surface area contributed by atoms with Gasteiger partial charge in [0.25, 0.3) is 0 Å². The molecule has 5 heteroatoms. The van der Waals surface area contributed by atoms with Crippen molar-refractivity contribution >= 4 is 5.91 Å². The van der Waals surface area contributed by atoms with Crippen molar-refractivity contribution in [2.45, 2.75) is 39.3 Å². The van der Waals surface area contributed by atoms with Gasteiger partial charge in [-0.1, -0.05) is 6.92 Å². The smallest absolute Gasteiger partial charge is 0.234 e. The lowest BCUT2D eigenvalue weighted by atomic mass is 10.2. The monoisotopic (exact) mass is 224 g/mol. The standard InChI is InChI=1S/C11H20N4O/c1-4-8(2)12-7-11(16)15-9(3)10-5-13-14-6-10/h5-6,8-9,12H,4,7H2,1-3H3,(H,13,14)(H,15,16). The molecule has 0 fully saturated rings. The second kappa shape index (κ2) is 6.27. The Morgan fingerprint density at radius 1 is 1.56 bits per heavy atom. The van der Waals surface area contributed by atoms with E-state index in [2.05, 4.69) is 34.7 Å². The largest absolute Gasteiger partial charge is 0.348 e. The molecule has 0 bridgehead atoms. The van der Waals surface area contributed by atoms with Crippen molar-refractivity contribution in [1.29, 1.82) is 0 Å². The highest BCUT2D eigenvalue weighted by Gasteiger charge is 2.10. The van der Waals surface area contributed by atoms with Crippen LogP contribution in [0.1, 0.15) is 38.8 Å². The fourth-order valence-electron chi connectivity index (χ4n) is 1.28. The SMILES string of the molecule is CCC(C)NCC(=O)NC(C)c1cn[nH]c1. The Hall–Kier alpha value is -1.36. The summed E-state index contributed by atoms with van der Waals surface area (Å²) in [4.78, 5) is 11.6. The van der Waals surface area contributed by atoms with Crippen molar-refractivity contribution in [3.63, 3.8) is 0 Å². The Morgan fingerprint density at radius 3 is 2.88 bits per heavy atom. The van der Waals surface area contributed by atoms with Gasteiger partial charge >= 0.3 is 0 Å². The van der Waals surface area contributed by atoms with Gasteiger partial charge in [-0.25, -0.2) is 0 Å². The number of nitrogens with zero attached hydrogens (tertiary/aromatic N) is 1. The van der Waals surface area contributed by atoms with E-state index in [0.29, 0.717) is 12.6 Å². The maximum atomic E-state index is 11.6. The molecule has 2 atom stereocenters. The molecule has 1 rings (SSSR count). The molecule has 0 spiro atoms. The van der Waals surface area contributed by atoms with Gasteiger partial charge in [-0.05, 0) is 20.3 Å². The molecule has 1 heterocycles. The van der Waals surface area contributed by atoms with E-state index in [1.807, 2.05) is 6.92 Å². The number of aromatic amines is 1. The molecule has 0 aliphatic heterocycles. The minimum absolute atomic E-state index is 0.00833. The maximum absolute atomic E-state index is 11.6. The van der Waals surface area contributed by atoms with Crippen LogP contribution >= 0.6 is 0 Å². The lowest BCUT2D eigenvalue weighted by molar-refractivity contribution is -0.121. The van der Waals surface area contributed by atoms with Crippen molar-refractivity contribution in [2.24, 2.45) is 0 Å². The molecule has 0 aromatic carbocycles. The number of amides is 1. The summed E-state index contributed by atoms with van der Waals surface area (Å²) in [7, 11) is 0. The van der Waals surface area contributed by atoms with Gasteiger partial charge in [-0.3, -0.25) is 9.89 Å². The Labute approximate surface area is 96.0 Å². The van der Waals surface area contributed by atoms with Gasteiger partial charge in [0.2, 0.25) is 5.91 Å². The van der Waals surface area contributed by atoms with Gasteiger partial charge in [0.1, 0.15) is 0 Å². The highest BCUT2D eigenvalue weighted by Crippen LogP contribution is 2.08. The number of hydrogen-bond donors (Lipinski definition) is 3. The summed E-state index contributed by atoms with van der Waals surface area (Å²) >= 11 is 0. The van der Waals surface area contributed by atoms with E-state index in [0.717, 1.165) is 12.0 Å². The van der Waals surface area contributed by atoms with Crippen LogP contribution in [-0.4, -0.2) is 28.7 Å². The molecule has 1 aromatic rings. The highest BCUT2D eigenvalue weighted by molar-refractivity contribution is 5.78. The first-order valence-electron chi connectivity index (χ1n) is 5.65. The number of carbonyl (C=O) groups is 1. The number of hydrogen-bond acceptors (Lipinski definition) is 3. The fourth-order valence-corrected chi connectivity index (χ4v) is 1.28. The van der Waals surface area contributed by atoms with Crippen LogP contribution in [0.5, 0.6) is 0 Å². The van der Waals surface area contributed by atoms with E-state index in [1.165, 1.54) is 0 Å². The molecule has 2 unspecified atom stereocenters. The first-order chi connectivity index (χ1) is 7.63. The van der Waals surface area contributed by atoms with E-state index in [1.54, 1.807) is 12.4 Å². The molecule has 1 amide bonds. The zero-order chi connectivity index (χ0) is 12.0. The number of H-pyrrole nitrogens is 1. The predicted molar refractivity (Wildman–Crippen MR) is 62.9 cm³/mol. The van der Waals surface area contributed by atoms with Gasteiger partial charge < -0.3 is 10.6 Å². The second-order valence-corrected chi connectivity index (χ2v) is 4.01. The summed E-state index contributed by atoms with van der Waals surface area (Å²) in [5.41, 5.74) is 0.983. The first kappa shape index (κ1) is 12.7. The van der Waals surface area contributed by atoms with Crippen LogP contribution in [0.3, 0.4) is 0 Å². The van der Waals surface area contributed by atoms with Crippen LogP contribution in [0.4, 0.5) is 0 Å². The molecule has 3 N–H and O–H groups in total. The first-order valence-corrected chi connectivity index (χ1v) is 5.65. The van der Waals surface area contributed by atoms with Gasteiger partial charge in [0, 0.05) is 17.8 Å². The van der Waals surface area contributed by atoms with Crippen molar-refractivity contribution in [2.75, 3.05) is 6.54 Å². The molecule has 0 radical (unpaired) electrons. The van der Waals surface area contributed by atoms with Crippen molar-refractivity contribution in [3.8, 4) is 0 Å². The summed E-state index contributed by atoms with van der Waals surface area (Å²) in [6, 6.07) is 0.361. The maximum Gasteiger partial charge on any atom is 0.234 e. The van der Waals surface area contributed by atoms with E-state index in [4.69, 9.17) is 0 Å². The second-order valence-electron chi connectivity index (χ2n) is 4.01. The molecular weight excluding hydrogens is 204 g/mol. The lowest BCUT2D eigenvalue weighted by Crippen LogP contribution is -2.38. The van der Waals surface area contributed by atoms with Crippen LogP contribution < -0.4 is 10.6 Å². The number of carbonyl (C=O) groups excluding carboxylic acids is 1. The van der Waals surface area contributed by atoms with E-state index in [9.17, 15) is 4.79 Å².